The largest absolute Gasteiger partial charge is 0.397 e. The van der Waals surface area contributed by atoms with Crippen molar-refractivity contribution in [1.29, 1.82) is 0 Å². The molecule has 2 heterocycles. The molecule has 0 aliphatic rings. The molecule has 0 unspecified atom stereocenters. The van der Waals surface area contributed by atoms with Crippen LogP contribution in [0.2, 0.25) is 0 Å². The second-order valence-electron chi connectivity index (χ2n) is 3.31. The lowest BCUT2D eigenvalue weighted by molar-refractivity contribution is 0.611. The van der Waals surface area contributed by atoms with Gasteiger partial charge >= 0.3 is 0 Å². The third-order valence-corrected chi connectivity index (χ3v) is 2.28. The molecule has 14 heavy (non-hydrogen) atoms. The molecular formula is C9H10FN3O. The summed E-state index contributed by atoms with van der Waals surface area (Å²) in [5, 5.41) is 0.245. The van der Waals surface area contributed by atoms with Crippen LogP contribution >= 0.6 is 0 Å². The number of aryl methyl sites for hydroxylation is 2. The van der Waals surface area contributed by atoms with Gasteiger partial charge in [-0.05, 0) is 0 Å². The molecule has 0 amide bonds. The molecule has 2 aromatic rings. The van der Waals surface area contributed by atoms with Gasteiger partial charge in [0.25, 0.3) is 5.56 Å². The molecule has 2 rings (SSSR count). The first-order valence-corrected chi connectivity index (χ1v) is 4.12. The van der Waals surface area contributed by atoms with E-state index in [4.69, 9.17) is 5.73 Å². The van der Waals surface area contributed by atoms with Crippen molar-refractivity contribution >= 4 is 16.6 Å². The first-order chi connectivity index (χ1) is 6.52. The predicted octanol–water partition coefficient (Wildman–Crippen LogP) is 0.598. The van der Waals surface area contributed by atoms with E-state index < -0.39 is 5.82 Å². The number of nitrogens with zero attached hydrogens (tertiary/aromatic N) is 2. The van der Waals surface area contributed by atoms with Crippen molar-refractivity contribution in [3.05, 3.63) is 28.6 Å². The molecule has 0 aliphatic carbocycles. The van der Waals surface area contributed by atoms with Crippen LogP contribution in [0.3, 0.4) is 0 Å². The Morgan fingerprint density at radius 3 is 2.57 bits per heavy atom. The zero-order chi connectivity index (χ0) is 10.5. The van der Waals surface area contributed by atoms with Crippen LogP contribution in [0.15, 0.2) is 17.2 Å². The summed E-state index contributed by atoms with van der Waals surface area (Å²) in [5.41, 5.74) is 5.90. The molecule has 0 atom stereocenters. The lowest BCUT2D eigenvalue weighted by atomic mass is 10.3. The molecule has 0 saturated heterocycles. The van der Waals surface area contributed by atoms with Crippen LogP contribution in [0.4, 0.5) is 10.1 Å². The van der Waals surface area contributed by atoms with Crippen LogP contribution in [0.1, 0.15) is 0 Å². The van der Waals surface area contributed by atoms with Crippen molar-refractivity contribution in [3.63, 3.8) is 0 Å². The van der Waals surface area contributed by atoms with E-state index in [-0.39, 0.29) is 16.5 Å². The molecule has 74 valence electrons. The topological polar surface area (TPSA) is 52.9 Å². The Bertz CT molecular complexity index is 567. The van der Waals surface area contributed by atoms with Crippen LogP contribution in [0.5, 0.6) is 0 Å². The third-order valence-electron chi connectivity index (χ3n) is 2.28. The molecule has 5 heteroatoms. The highest BCUT2D eigenvalue weighted by molar-refractivity contribution is 5.91. The molecule has 0 radical (unpaired) electrons. The normalized spacial score (nSPS) is 11.1. The summed E-state index contributed by atoms with van der Waals surface area (Å²) in [4.78, 5) is 11.6. The van der Waals surface area contributed by atoms with Crippen molar-refractivity contribution < 1.29 is 4.39 Å². The molecule has 0 bridgehead atoms. The van der Waals surface area contributed by atoms with Gasteiger partial charge < -0.3 is 14.9 Å². The Morgan fingerprint density at radius 2 is 1.93 bits per heavy atom. The number of aromatic nitrogens is 2. The summed E-state index contributed by atoms with van der Waals surface area (Å²) in [6.07, 6.45) is 2.69. The zero-order valence-corrected chi connectivity index (χ0v) is 7.91. The molecular weight excluding hydrogens is 185 g/mol. The van der Waals surface area contributed by atoms with Gasteiger partial charge in [-0.1, -0.05) is 0 Å². The maximum atomic E-state index is 13.5. The molecule has 0 aliphatic heterocycles. The maximum absolute atomic E-state index is 13.5. The second kappa shape index (κ2) is 2.60. The highest BCUT2D eigenvalue weighted by Gasteiger charge is 2.13. The monoisotopic (exact) mass is 195 g/mol. The number of nitrogen functional groups attached to an aromatic ring is 1. The van der Waals surface area contributed by atoms with E-state index in [0.29, 0.717) is 5.69 Å². The Hall–Kier alpha value is -1.78. The van der Waals surface area contributed by atoms with E-state index in [9.17, 15) is 9.18 Å². The molecule has 0 fully saturated rings. The summed E-state index contributed by atoms with van der Waals surface area (Å²) < 4.78 is 16.2. The fourth-order valence-corrected chi connectivity index (χ4v) is 1.63. The lowest BCUT2D eigenvalue weighted by Crippen LogP contribution is -2.17. The summed E-state index contributed by atoms with van der Waals surface area (Å²) >= 11 is 0. The maximum Gasteiger partial charge on any atom is 0.262 e. The van der Waals surface area contributed by atoms with Gasteiger partial charge in [0.15, 0.2) is 5.82 Å². The van der Waals surface area contributed by atoms with Crippen molar-refractivity contribution in [2.24, 2.45) is 14.1 Å². The van der Waals surface area contributed by atoms with Crippen molar-refractivity contribution in [2.75, 3.05) is 5.73 Å². The summed E-state index contributed by atoms with van der Waals surface area (Å²) in [5.74, 6) is -0.443. The molecule has 0 spiro atoms. The van der Waals surface area contributed by atoms with E-state index in [1.165, 1.54) is 22.4 Å². The van der Waals surface area contributed by atoms with E-state index in [0.717, 1.165) is 6.20 Å². The second-order valence-corrected chi connectivity index (χ2v) is 3.31. The van der Waals surface area contributed by atoms with E-state index in [1.807, 2.05) is 0 Å². The Balaban J connectivity index is 3.13. The predicted molar refractivity (Wildman–Crippen MR) is 52.5 cm³/mol. The van der Waals surface area contributed by atoms with E-state index in [2.05, 4.69) is 0 Å². The van der Waals surface area contributed by atoms with Gasteiger partial charge in [0.05, 0.1) is 16.6 Å². The van der Waals surface area contributed by atoms with Crippen LogP contribution in [-0.4, -0.2) is 9.13 Å². The van der Waals surface area contributed by atoms with Crippen molar-refractivity contribution in [1.82, 2.24) is 9.13 Å². The number of rotatable bonds is 0. The lowest BCUT2D eigenvalue weighted by Gasteiger charge is -2.01. The van der Waals surface area contributed by atoms with Gasteiger partial charge in [-0.15, -0.1) is 0 Å². The van der Waals surface area contributed by atoms with Gasteiger partial charge in [0, 0.05) is 26.5 Å². The van der Waals surface area contributed by atoms with Gasteiger partial charge in [-0.3, -0.25) is 4.79 Å². The average Bonchev–Trinajstić information content (AvgIpc) is 2.38. The molecule has 0 saturated carbocycles. The number of hydrogen-bond acceptors (Lipinski definition) is 2. The fraction of sp³-hybridized carbons (Fsp3) is 0.222. The Kier molecular flexibility index (Phi) is 1.64. The summed E-state index contributed by atoms with van der Waals surface area (Å²) in [6.45, 7) is 0. The Morgan fingerprint density at radius 1 is 1.29 bits per heavy atom. The number of pyridine rings is 1. The van der Waals surface area contributed by atoms with E-state index >= 15 is 0 Å². The van der Waals surface area contributed by atoms with Crippen LogP contribution in [0, 0.1) is 5.82 Å². The number of halogens is 1. The number of fused-ring (bicyclic) bond motifs is 1. The van der Waals surface area contributed by atoms with Crippen LogP contribution in [0.25, 0.3) is 10.9 Å². The minimum atomic E-state index is -0.443. The third kappa shape index (κ3) is 0.951. The fourth-order valence-electron chi connectivity index (χ4n) is 1.63. The van der Waals surface area contributed by atoms with Crippen LogP contribution < -0.4 is 11.3 Å². The quantitative estimate of drug-likeness (QED) is 0.669. The van der Waals surface area contributed by atoms with Crippen molar-refractivity contribution in [2.45, 2.75) is 0 Å². The number of anilines is 1. The van der Waals surface area contributed by atoms with Gasteiger partial charge in [0.2, 0.25) is 0 Å². The highest BCUT2D eigenvalue weighted by atomic mass is 19.1. The van der Waals surface area contributed by atoms with Crippen molar-refractivity contribution in [3.8, 4) is 0 Å². The summed E-state index contributed by atoms with van der Waals surface area (Å²) in [6, 6.07) is 0. The highest BCUT2D eigenvalue weighted by Crippen LogP contribution is 2.20. The molecule has 2 N–H and O–H groups in total. The standard InChI is InChI=1S/C9H10FN3O/c1-12-4-6(11)7-8(12)5(10)3-13(2)9(7)14/h3-4H,11H2,1-2H3. The first-order valence-electron chi connectivity index (χ1n) is 4.12. The minimum absolute atomic E-state index is 0.245. The first kappa shape index (κ1) is 8.80. The van der Waals surface area contributed by atoms with Gasteiger partial charge in [-0.25, -0.2) is 4.39 Å². The molecule has 2 aromatic heterocycles. The van der Waals surface area contributed by atoms with Gasteiger partial charge in [0.1, 0.15) is 0 Å². The minimum Gasteiger partial charge on any atom is -0.397 e. The SMILES string of the molecule is Cn1cc(F)c2c(c(N)cn2C)c1=O. The average molecular weight is 195 g/mol. The smallest absolute Gasteiger partial charge is 0.262 e. The molecule has 4 nitrogen and oxygen atoms in total. The molecule has 0 aromatic carbocycles. The Labute approximate surface area is 79.4 Å². The number of nitrogens with two attached hydrogens (primary N) is 1. The summed E-state index contributed by atoms with van der Waals surface area (Å²) in [7, 11) is 3.15. The van der Waals surface area contributed by atoms with Gasteiger partial charge in [-0.2, -0.15) is 0 Å². The van der Waals surface area contributed by atoms with Crippen LogP contribution in [-0.2, 0) is 14.1 Å². The number of hydrogen-bond donors (Lipinski definition) is 1. The van der Waals surface area contributed by atoms with E-state index in [1.54, 1.807) is 7.05 Å². The zero-order valence-electron chi connectivity index (χ0n) is 7.91.